The van der Waals surface area contributed by atoms with Crippen molar-refractivity contribution in [2.45, 2.75) is 92.0 Å². The zero-order chi connectivity index (χ0) is 24.0. The molecule has 0 spiro atoms. The fourth-order valence-corrected chi connectivity index (χ4v) is 4.92. The molecule has 0 aliphatic rings. The van der Waals surface area contributed by atoms with E-state index >= 15 is 0 Å². The Labute approximate surface area is 213 Å². The van der Waals surface area contributed by atoms with E-state index in [4.69, 9.17) is 0 Å². The molecule has 0 saturated carbocycles. The van der Waals surface area contributed by atoms with Crippen molar-refractivity contribution in [1.82, 2.24) is 4.90 Å². The Bertz CT molecular complexity index is 1080. The van der Waals surface area contributed by atoms with E-state index < -0.39 is 0 Å². The van der Waals surface area contributed by atoms with Gasteiger partial charge < -0.3 is 0 Å². The highest BCUT2D eigenvalue weighted by molar-refractivity contribution is 6.12. The van der Waals surface area contributed by atoms with E-state index in [1.54, 1.807) is 0 Å². The molecule has 0 heterocycles. The first-order chi connectivity index (χ1) is 15.9. The molecule has 0 bridgehead atoms. The lowest BCUT2D eigenvalue weighted by atomic mass is 9.92. The van der Waals surface area contributed by atoms with Crippen molar-refractivity contribution in [1.29, 1.82) is 0 Å². The molecule has 0 amide bonds. The predicted molar refractivity (Wildman–Crippen MR) is 152 cm³/mol. The van der Waals surface area contributed by atoms with Crippen LogP contribution in [0.5, 0.6) is 0 Å². The zero-order valence-corrected chi connectivity index (χ0v) is 22.9. The Balaban J connectivity index is 0.00000408. The summed E-state index contributed by atoms with van der Waals surface area (Å²) in [5.41, 5.74) is 3.39. The number of ketones is 1. The van der Waals surface area contributed by atoms with Crippen LogP contribution in [0.4, 0.5) is 0 Å². The fourth-order valence-electron chi connectivity index (χ4n) is 4.92. The van der Waals surface area contributed by atoms with Gasteiger partial charge in [-0.25, -0.2) is 0 Å². The highest BCUT2D eigenvalue weighted by atomic mass is 35.5. The van der Waals surface area contributed by atoms with Gasteiger partial charge in [0.1, 0.15) is 0 Å². The van der Waals surface area contributed by atoms with Crippen LogP contribution in [0.15, 0.2) is 42.5 Å². The Morgan fingerprint density at radius 1 is 0.794 bits per heavy atom. The van der Waals surface area contributed by atoms with E-state index in [0.717, 1.165) is 18.7 Å². The number of hydrogen-bond donors (Lipinski definition) is 0. The summed E-state index contributed by atoms with van der Waals surface area (Å²) in [5.74, 6) is 0.760. The molecular formula is C31H44ClNO. The van der Waals surface area contributed by atoms with Gasteiger partial charge in [0, 0.05) is 5.56 Å². The van der Waals surface area contributed by atoms with Crippen LogP contribution >= 0.6 is 12.4 Å². The standard InChI is InChI=1S/C31H43NO.ClH/c1-7-9-11-17-32(18-12-10-8-2)24(6)31(33)27-19-23(5)28-15-14-26-20-25(22(3)4)13-16-29(26)30(28)21-27;/h13-16,19-22,24H,7-12,17-18H2,1-6H3;1H. The van der Waals surface area contributed by atoms with Crippen LogP contribution in [0.1, 0.15) is 101 Å². The van der Waals surface area contributed by atoms with Gasteiger partial charge >= 0.3 is 0 Å². The van der Waals surface area contributed by atoms with Gasteiger partial charge in [0.05, 0.1) is 6.04 Å². The quantitative estimate of drug-likeness (QED) is 0.146. The molecule has 1 atom stereocenters. The van der Waals surface area contributed by atoms with Crippen LogP contribution in [0.2, 0.25) is 0 Å². The van der Waals surface area contributed by atoms with Crippen LogP contribution in [0.25, 0.3) is 21.5 Å². The van der Waals surface area contributed by atoms with E-state index in [-0.39, 0.29) is 24.2 Å². The number of halogens is 1. The van der Waals surface area contributed by atoms with Crippen LogP contribution in [0, 0.1) is 6.92 Å². The third-order valence-corrected chi connectivity index (χ3v) is 7.16. The lowest BCUT2D eigenvalue weighted by Gasteiger charge is -2.28. The van der Waals surface area contributed by atoms with Crippen LogP contribution in [-0.2, 0) is 0 Å². The molecule has 0 radical (unpaired) electrons. The van der Waals surface area contributed by atoms with Crippen LogP contribution < -0.4 is 0 Å². The molecule has 0 aliphatic carbocycles. The summed E-state index contributed by atoms with van der Waals surface area (Å²) in [7, 11) is 0. The second-order valence-electron chi connectivity index (χ2n) is 10.1. The summed E-state index contributed by atoms with van der Waals surface area (Å²) in [5, 5.41) is 4.94. The average molecular weight is 482 g/mol. The topological polar surface area (TPSA) is 20.3 Å². The molecule has 0 fully saturated rings. The van der Waals surface area contributed by atoms with Crippen molar-refractivity contribution < 1.29 is 4.79 Å². The minimum Gasteiger partial charge on any atom is -0.294 e. The molecule has 3 rings (SSSR count). The molecule has 0 aromatic heterocycles. The summed E-state index contributed by atoms with van der Waals surface area (Å²) in [4.78, 5) is 16.1. The van der Waals surface area contributed by atoms with Gasteiger partial charge in [-0.1, -0.05) is 83.7 Å². The van der Waals surface area contributed by atoms with Gasteiger partial charge in [-0.2, -0.15) is 0 Å². The Morgan fingerprint density at radius 3 is 2.00 bits per heavy atom. The minimum atomic E-state index is -0.0851. The second kappa shape index (κ2) is 13.3. The highest BCUT2D eigenvalue weighted by Gasteiger charge is 2.23. The lowest BCUT2D eigenvalue weighted by molar-refractivity contribution is 0.0832. The number of carbonyl (C=O) groups excluding carboxylic acids is 1. The molecule has 3 heteroatoms. The van der Waals surface area contributed by atoms with Gasteiger partial charge in [0.2, 0.25) is 0 Å². The maximum absolute atomic E-state index is 13.7. The number of hydrogen-bond acceptors (Lipinski definition) is 2. The monoisotopic (exact) mass is 481 g/mol. The van der Waals surface area contributed by atoms with Gasteiger partial charge in [-0.15, -0.1) is 12.4 Å². The number of nitrogens with zero attached hydrogens (tertiary/aromatic N) is 1. The summed E-state index contributed by atoms with van der Waals surface area (Å²) in [6.07, 6.45) is 7.20. The maximum atomic E-state index is 13.7. The number of Topliss-reactive ketones (excluding diaryl/α,β-unsaturated/α-hetero) is 1. The molecule has 34 heavy (non-hydrogen) atoms. The lowest BCUT2D eigenvalue weighted by Crippen LogP contribution is -2.40. The van der Waals surface area contributed by atoms with Crippen molar-refractivity contribution in [2.75, 3.05) is 13.1 Å². The van der Waals surface area contributed by atoms with E-state index in [9.17, 15) is 4.79 Å². The van der Waals surface area contributed by atoms with Crippen LogP contribution in [0.3, 0.4) is 0 Å². The molecule has 186 valence electrons. The van der Waals surface area contributed by atoms with E-state index in [1.807, 2.05) is 0 Å². The number of carbonyl (C=O) groups is 1. The molecule has 2 nitrogen and oxygen atoms in total. The van der Waals surface area contributed by atoms with Crippen molar-refractivity contribution in [3.63, 3.8) is 0 Å². The maximum Gasteiger partial charge on any atom is 0.179 e. The number of unbranched alkanes of at least 4 members (excludes halogenated alkanes) is 4. The molecular weight excluding hydrogens is 438 g/mol. The summed E-state index contributed by atoms with van der Waals surface area (Å²) in [6.45, 7) is 15.2. The van der Waals surface area contributed by atoms with Gasteiger partial charge in [-0.05, 0) is 90.5 Å². The molecule has 3 aromatic rings. The van der Waals surface area contributed by atoms with Crippen molar-refractivity contribution in [3.8, 4) is 0 Å². The van der Waals surface area contributed by atoms with Gasteiger partial charge in [-0.3, -0.25) is 9.69 Å². The van der Waals surface area contributed by atoms with Gasteiger partial charge in [0.15, 0.2) is 5.78 Å². The van der Waals surface area contributed by atoms with E-state index in [0.29, 0.717) is 5.92 Å². The third-order valence-electron chi connectivity index (χ3n) is 7.16. The number of aryl methyl sites for hydroxylation is 1. The fraction of sp³-hybridized carbons (Fsp3) is 0.516. The minimum absolute atomic E-state index is 0. The largest absolute Gasteiger partial charge is 0.294 e. The van der Waals surface area contributed by atoms with E-state index in [1.165, 1.54) is 71.2 Å². The Kier molecular flexibility index (Phi) is 11.1. The first-order valence-corrected chi connectivity index (χ1v) is 13.1. The number of fused-ring (bicyclic) bond motifs is 3. The smallest absolute Gasteiger partial charge is 0.179 e. The normalized spacial score (nSPS) is 12.5. The first-order valence-electron chi connectivity index (χ1n) is 13.1. The summed E-state index contributed by atoms with van der Waals surface area (Å²) < 4.78 is 0. The van der Waals surface area contributed by atoms with Gasteiger partial charge in [0.25, 0.3) is 0 Å². The summed E-state index contributed by atoms with van der Waals surface area (Å²) >= 11 is 0. The van der Waals surface area contributed by atoms with Crippen molar-refractivity contribution in [2.24, 2.45) is 0 Å². The zero-order valence-electron chi connectivity index (χ0n) is 22.1. The Morgan fingerprint density at radius 2 is 1.41 bits per heavy atom. The third kappa shape index (κ3) is 6.61. The molecule has 0 N–H and O–H groups in total. The molecule has 0 saturated heterocycles. The van der Waals surface area contributed by atoms with Crippen molar-refractivity contribution in [3.05, 3.63) is 59.2 Å². The first kappa shape index (κ1) is 28.3. The average Bonchev–Trinajstić information content (AvgIpc) is 2.81. The predicted octanol–water partition coefficient (Wildman–Crippen LogP) is 9.10. The SMILES string of the molecule is CCCCCN(CCCCC)C(C)C(=O)c1cc(C)c2ccc3cc(C(C)C)ccc3c2c1.Cl. The molecule has 3 aromatic carbocycles. The summed E-state index contributed by atoms with van der Waals surface area (Å²) in [6, 6.07) is 15.4. The molecule has 0 aliphatic heterocycles. The van der Waals surface area contributed by atoms with Crippen molar-refractivity contribution >= 4 is 39.7 Å². The van der Waals surface area contributed by atoms with Crippen LogP contribution in [-0.4, -0.2) is 29.8 Å². The van der Waals surface area contributed by atoms with E-state index in [2.05, 4.69) is 88.9 Å². The second-order valence-corrected chi connectivity index (χ2v) is 10.1. The number of benzene rings is 3. The number of rotatable bonds is 12. The highest BCUT2D eigenvalue weighted by Crippen LogP contribution is 2.31. The molecule has 1 unspecified atom stereocenters. The Hall–Kier alpha value is -1.90.